The van der Waals surface area contributed by atoms with Crippen molar-refractivity contribution in [2.45, 2.75) is 25.3 Å². The highest BCUT2D eigenvalue weighted by Gasteiger charge is 2.00. The first-order valence-electron chi connectivity index (χ1n) is 5.49. The number of alkyl halides is 1. The molecule has 0 saturated carbocycles. The van der Waals surface area contributed by atoms with E-state index >= 15 is 0 Å². The third-order valence-corrected chi connectivity index (χ3v) is 2.92. The van der Waals surface area contributed by atoms with E-state index in [2.05, 4.69) is 33.8 Å². The Kier molecular flexibility index (Phi) is 4.00. The molecule has 1 heterocycles. The highest BCUT2D eigenvalue weighted by molar-refractivity contribution is 6.16. The topological polar surface area (TPSA) is 17.8 Å². The molecule has 16 heavy (non-hydrogen) atoms. The molecule has 0 bridgehead atoms. The maximum atomic E-state index is 5.81. The summed E-state index contributed by atoms with van der Waals surface area (Å²) in [4.78, 5) is 4.10. The first-order valence-corrected chi connectivity index (χ1v) is 6.02. The highest BCUT2D eigenvalue weighted by Crippen LogP contribution is 2.07. The third kappa shape index (κ3) is 2.86. The molecule has 0 unspecified atom stereocenters. The SMILES string of the molecule is ClCc1cncn1CCCc1ccccc1. The first kappa shape index (κ1) is 11.2. The van der Waals surface area contributed by atoms with Crippen LogP contribution in [0.1, 0.15) is 17.7 Å². The Morgan fingerprint density at radius 3 is 2.75 bits per heavy atom. The molecule has 2 aromatic rings. The molecule has 0 radical (unpaired) electrons. The second-order valence-electron chi connectivity index (χ2n) is 3.80. The van der Waals surface area contributed by atoms with Crippen LogP contribution < -0.4 is 0 Å². The van der Waals surface area contributed by atoms with E-state index in [1.807, 2.05) is 18.6 Å². The third-order valence-electron chi connectivity index (χ3n) is 2.64. The molecule has 0 aliphatic rings. The quantitative estimate of drug-likeness (QED) is 0.727. The van der Waals surface area contributed by atoms with Gasteiger partial charge in [-0.05, 0) is 18.4 Å². The number of hydrogen-bond donors (Lipinski definition) is 0. The number of benzene rings is 1. The van der Waals surface area contributed by atoms with E-state index in [-0.39, 0.29) is 0 Å². The molecular weight excluding hydrogens is 220 g/mol. The second-order valence-corrected chi connectivity index (χ2v) is 4.07. The summed E-state index contributed by atoms with van der Waals surface area (Å²) in [5.41, 5.74) is 2.48. The minimum absolute atomic E-state index is 0.533. The van der Waals surface area contributed by atoms with Gasteiger partial charge in [0.1, 0.15) is 0 Å². The van der Waals surface area contributed by atoms with Gasteiger partial charge in [-0.3, -0.25) is 0 Å². The van der Waals surface area contributed by atoms with Gasteiger partial charge in [0.2, 0.25) is 0 Å². The number of hydrogen-bond acceptors (Lipinski definition) is 1. The van der Waals surface area contributed by atoms with Crippen LogP contribution in [0.2, 0.25) is 0 Å². The Hall–Kier alpha value is -1.28. The van der Waals surface area contributed by atoms with Gasteiger partial charge in [-0.15, -0.1) is 11.6 Å². The monoisotopic (exact) mass is 234 g/mol. The van der Waals surface area contributed by atoms with Crippen LogP contribution in [0, 0.1) is 0 Å². The zero-order chi connectivity index (χ0) is 11.2. The Bertz CT molecular complexity index is 423. The van der Waals surface area contributed by atoms with Crippen molar-refractivity contribution in [1.29, 1.82) is 0 Å². The largest absolute Gasteiger partial charge is 0.333 e. The fraction of sp³-hybridized carbons (Fsp3) is 0.308. The van der Waals surface area contributed by atoms with Crippen LogP contribution in [0.3, 0.4) is 0 Å². The number of nitrogens with zero attached hydrogens (tertiary/aromatic N) is 2. The van der Waals surface area contributed by atoms with Gasteiger partial charge < -0.3 is 4.57 Å². The van der Waals surface area contributed by atoms with Gasteiger partial charge in [0.05, 0.1) is 17.9 Å². The molecule has 0 saturated heterocycles. The van der Waals surface area contributed by atoms with Gasteiger partial charge in [0, 0.05) is 12.7 Å². The molecule has 1 aromatic heterocycles. The van der Waals surface area contributed by atoms with Crippen LogP contribution in [0.5, 0.6) is 0 Å². The number of aryl methyl sites for hydroxylation is 2. The first-order chi connectivity index (χ1) is 7.90. The average Bonchev–Trinajstić information content (AvgIpc) is 2.78. The normalized spacial score (nSPS) is 10.6. The van der Waals surface area contributed by atoms with Crippen LogP contribution in [-0.4, -0.2) is 9.55 Å². The van der Waals surface area contributed by atoms with Gasteiger partial charge in [0.25, 0.3) is 0 Å². The van der Waals surface area contributed by atoms with Gasteiger partial charge in [-0.2, -0.15) is 0 Å². The smallest absolute Gasteiger partial charge is 0.0948 e. The minimum atomic E-state index is 0.533. The van der Waals surface area contributed by atoms with Gasteiger partial charge in [0.15, 0.2) is 0 Å². The Morgan fingerprint density at radius 2 is 2.00 bits per heavy atom. The van der Waals surface area contributed by atoms with Crippen molar-refractivity contribution < 1.29 is 0 Å². The molecule has 0 fully saturated rings. The molecule has 0 amide bonds. The summed E-state index contributed by atoms with van der Waals surface area (Å²) in [5, 5.41) is 0. The molecule has 2 nitrogen and oxygen atoms in total. The highest BCUT2D eigenvalue weighted by atomic mass is 35.5. The Morgan fingerprint density at radius 1 is 1.19 bits per heavy atom. The summed E-state index contributed by atoms with van der Waals surface area (Å²) in [6.45, 7) is 0.983. The lowest BCUT2D eigenvalue weighted by Crippen LogP contribution is -2.01. The molecule has 3 heteroatoms. The number of aromatic nitrogens is 2. The van der Waals surface area contributed by atoms with Crippen LogP contribution in [0.4, 0.5) is 0 Å². The number of halogens is 1. The van der Waals surface area contributed by atoms with Crippen molar-refractivity contribution in [3.63, 3.8) is 0 Å². The number of rotatable bonds is 5. The Labute approximate surface area is 101 Å². The molecule has 0 N–H and O–H groups in total. The maximum absolute atomic E-state index is 5.81. The van der Waals surface area contributed by atoms with Crippen molar-refractivity contribution in [2.75, 3.05) is 0 Å². The summed E-state index contributed by atoms with van der Waals surface area (Å²) in [6.07, 6.45) is 5.89. The predicted molar refractivity (Wildman–Crippen MR) is 66.5 cm³/mol. The van der Waals surface area contributed by atoms with Gasteiger partial charge in [-0.1, -0.05) is 30.3 Å². The van der Waals surface area contributed by atoms with Crippen molar-refractivity contribution in [1.82, 2.24) is 9.55 Å². The lowest BCUT2D eigenvalue weighted by Gasteiger charge is -2.05. The van der Waals surface area contributed by atoms with Crippen LogP contribution in [-0.2, 0) is 18.8 Å². The standard InChI is InChI=1S/C13H15ClN2/c14-9-13-10-15-11-16(13)8-4-7-12-5-2-1-3-6-12/h1-3,5-6,10-11H,4,7-9H2. The predicted octanol–water partition coefficient (Wildman–Crippen LogP) is 3.25. The minimum Gasteiger partial charge on any atom is -0.333 e. The van der Waals surface area contributed by atoms with Crippen molar-refractivity contribution in [2.24, 2.45) is 0 Å². The van der Waals surface area contributed by atoms with Crippen LogP contribution in [0.15, 0.2) is 42.9 Å². The van der Waals surface area contributed by atoms with Crippen LogP contribution >= 0.6 is 11.6 Å². The second kappa shape index (κ2) is 5.71. The van der Waals surface area contributed by atoms with Crippen molar-refractivity contribution in [3.05, 3.63) is 54.1 Å². The molecule has 0 aliphatic carbocycles. The molecule has 1 aromatic carbocycles. The van der Waals surface area contributed by atoms with E-state index in [1.54, 1.807) is 0 Å². The number of imidazole rings is 1. The van der Waals surface area contributed by atoms with E-state index in [9.17, 15) is 0 Å². The molecule has 0 atom stereocenters. The fourth-order valence-electron chi connectivity index (χ4n) is 1.76. The van der Waals surface area contributed by atoms with Gasteiger partial charge >= 0.3 is 0 Å². The molecular formula is C13H15ClN2. The van der Waals surface area contributed by atoms with Gasteiger partial charge in [-0.25, -0.2) is 4.98 Å². The van der Waals surface area contributed by atoms with Crippen molar-refractivity contribution in [3.8, 4) is 0 Å². The van der Waals surface area contributed by atoms with E-state index in [4.69, 9.17) is 11.6 Å². The van der Waals surface area contributed by atoms with E-state index in [0.717, 1.165) is 25.1 Å². The summed E-state index contributed by atoms with van der Waals surface area (Å²) in [6, 6.07) is 10.5. The lowest BCUT2D eigenvalue weighted by atomic mass is 10.1. The lowest BCUT2D eigenvalue weighted by molar-refractivity contribution is 0.626. The van der Waals surface area contributed by atoms with Crippen LogP contribution in [0.25, 0.3) is 0 Å². The average molecular weight is 235 g/mol. The zero-order valence-corrected chi connectivity index (χ0v) is 9.90. The summed E-state index contributed by atoms with van der Waals surface area (Å²) in [7, 11) is 0. The summed E-state index contributed by atoms with van der Waals surface area (Å²) in [5.74, 6) is 0.533. The molecule has 2 rings (SSSR count). The summed E-state index contributed by atoms with van der Waals surface area (Å²) >= 11 is 5.81. The van der Waals surface area contributed by atoms with E-state index < -0.39 is 0 Å². The summed E-state index contributed by atoms with van der Waals surface area (Å²) < 4.78 is 2.12. The molecule has 0 aliphatic heterocycles. The molecule has 0 spiro atoms. The van der Waals surface area contributed by atoms with E-state index in [0.29, 0.717) is 5.88 Å². The Balaban J connectivity index is 1.85. The van der Waals surface area contributed by atoms with E-state index in [1.165, 1.54) is 5.56 Å². The molecule has 84 valence electrons. The maximum Gasteiger partial charge on any atom is 0.0948 e. The fourth-order valence-corrected chi connectivity index (χ4v) is 1.98. The zero-order valence-electron chi connectivity index (χ0n) is 9.14. The van der Waals surface area contributed by atoms with Crippen molar-refractivity contribution >= 4 is 11.6 Å².